The molecule has 0 amide bonds. The summed E-state index contributed by atoms with van der Waals surface area (Å²) in [6.45, 7) is 5.99. The third-order valence-corrected chi connectivity index (χ3v) is 2.59. The summed E-state index contributed by atoms with van der Waals surface area (Å²) in [4.78, 5) is 0. The maximum atomic E-state index is 9.51. The van der Waals surface area contributed by atoms with Gasteiger partial charge in [0.25, 0.3) is 0 Å². The molecule has 0 saturated carbocycles. The molecule has 2 heteroatoms. The van der Waals surface area contributed by atoms with Gasteiger partial charge in [-0.25, -0.2) is 0 Å². The van der Waals surface area contributed by atoms with Crippen LogP contribution in [0.15, 0.2) is 6.07 Å². The zero-order valence-corrected chi connectivity index (χ0v) is 8.39. The van der Waals surface area contributed by atoms with E-state index in [1.165, 1.54) is 0 Å². The van der Waals surface area contributed by atoms with E-state index in [0.717, 1.165) is 22.3 Å². The van der Waals surface area contributed by atoms with E-state index in [-0.39, 0.29) is 6.61 Å². The van der Waals surface area contributed by atoms with E-state index >= 15 is 0 Å². The Morgan fingerprint density at radius 2 is 1.77 bits per heavy atom. The highest BCUT2D eigenvalue weighted by Gasteiger charge is 2.08. The van der Waals surface area contributed by atoms with E-state index in [0.29, 0.717) is 12.2 Å². The number of aliphatic hydroxyl groups is 1. The number of aromatic hydroxyl groups is 1. The van der Waals surface area contributed by atoms with Gasteiger partial charge in [0.05, 0.1) is 0 Å². The van der Waals surface area contributed by atoms with Gasteiger partial charge in [-0.15, -0.1) is 0 Å². The number of rotatable bonds is 2. The first kappa shape index (κ1) is 10.1. The van der Waals surface area contributed by atoms with Crippen LogP contribution in [0.5, 0.6) is 5.75 Å². The van der Waals surface area contributed by atoms with Crippen LogP contribution in [0.2, 0.25) is 0 Å². The van der Waals surface area contributed by atoms with E-state index in [1.54, 1.807) is 6.07 Å². The Morgan fingerprint density at radius 3 is 2.31 bits per heavy atom. The lowest BCUT2D eigenvalue weighted by Gasteiger charge is -2.12. The van der Waals surface area contributed by atoms with Crippen LogP contribution in [-0.2, 0) is 6.42 Å². The Balaban J connectivity index is 3.26. The van der Waals surface area contributed by atoms with Gasteiger partial charge < -0.3 is 10.2 Å². The second kappa shape index (κ2) is 3.79. The second-order valence-corrected chi connectivity index (χ2v) is 3.41. The maximum absolute atomic E-state index is 9.51. The summed E-state index contributed by atoms with van der Waals surface area (Å²) in [6, 6.07) is 1.76. The van der Waals surface area contributed by atoms with Gasteiger partial charge in [-0.1, -0.05) is 0 Å². The molecule has 0 heterocycles. The normalized spacial score (nSPS) is 10.5. The van der Waals surface area contributed by atoms with Crippen molar-refractivity contribution in [3.63, 3.8) is 0 Å². The molecule has 2 N–H and O–H groups in total. The fraction of sp³-hybridized carbons (Fsp3) is 0.455. The molecule has 0 atom stereocenters. The molecular weight excluding hydrogens is 164 g/mol. The fourth-order valence-corrected chi connectivity index (χ4v) is 1.61. The number of phenols is 1. The summed E-state index contributed by atoms with van der Waals surface area (Å²) in [5, 5.41) is 18.4. The molecule has 1 rings (SSSR count). The van der Waals surface area contributed by atoms with Crippen LogP contribution in [-0.4, -0.2) is 16.8 Å². The van der Waals surface area contributed by atoms with Crippen LogP contribution in [0.25, 0.3) is 0 Å². The number of hydrogen-bond acceptors (Lipinski definition) is 2. The Labute approximate surface area is 78.8 Å². The SMILES string of the molecule is Cc1cc(O)c(C)c(C)c1CCO. The Bertz CT molecular complexity index is 316. The lowest BCUT2D eigenvalue weighted by Crippen LogP contribution is -1.99. The highest BCUT2D eigenvalue weighted by molar-refractivity contribution is 5.47. The molecule has 2 nitrogen and oxygen atoms in total. The molecule has 0 bridgehead atoms. The van der Waals surface area contributed by atoms with Crippen molar-refractivity contribution in [1.82, 2.24) is 0 Å². The van der Waals surface area contributed by atoms with Crippen LogP contribution in [0.4, 0.5) is 0 Å². The highest BCUT2D eigenvalue weighted by Crippen LogP contribution is 2.26. The predicted molar refractivity (Wildman–Crippen MR) is 53.1 cm³/mol. The molecular formula is C11H16O2. The Morgan fingerprint density at radius 1 is 1.15 bits per heavy atom. The average Bonchev–Trinajstić information content (AvgIpc) is 2.09. The summed E-state index contributed by atoms with van der Waals surface area (Å²) in [7, 11) is 0. The van der Waals surface area contributed by atoms with Crippen LogP contribution >= 0.6 is 0 Å². The molecule has 0 aliphatic carbocycles. The lowest BCUT2D eigenvalue weighted by molar-refractivity contribution is 0.299. The number of benzene rings is 1. The van der Waals surface area contributed by atoms with Gasteiger partial charge in [0.1, 0.15) is 5.75 Å². The van der Waals surface area contributed by atoms with Crippen molar-refractivity contribution in [2.45, 2.75) is 27.2 Å². The summed E-state index contributed by atoms with van der Waals surface area (Å²) >= 11 is 0. The first-order valence-electron chi connectivity index (χ1n) is 4.47. The number of phenolic OH excluding ortho intramolecular Hbond substituents is 1. The minimum absolute atomic E-state index is 0.159. The predicted octanol–water partition coefficient (Wildman–Crippen LogP) is 1.85. The van der Waals surface area contributed by atoms with Gasteiger partial charge in [-0.2, -0.15) is 0 Å². The van der Waals surface area contributed by atoms with E-state index < -0.39 is 0 Å². The average molecular weight is 180 g/mol. The largest absolute Gasteiger partial charge is 0.508 e. The van der Waals surface area contributed by atoms with E-state index in [4.69, 9.17) is 5.11 Å². The minimum Gasteiger partial charge on any atom is -0.508 e. The topological polar surface area (TPSA) is 40.5 Å². The van der Waals surface area contributed by atoms with Crippen LogP contribution in [0.3, 0.4) is 0 Å². The molecule has 0 spiro atoms. The van der Waals surface area contributed by atoms with E-state index in [2.05, 4.69) is 0 Å². The molecule has 0 saturated heterocycles. The molecule has 0 fully saturated rings. The summed E-state index contributed by atoms with van der Waals surface area (Å²) in [5.41, 5.74) is 4.20. The molecule has 0 unspecified atom stereocenters. The monoisotopic (exact) mass is 180 g/mol. The Kier molecular flexibility index (Phi) is 2.94. The smallest absolute Gasteiger partial charge is 0.119 e. The quantitative estimate of drug-likeness (QED) is 0.729. The van der Waals surface area contributed by atoms with Crippen molar-refractivity contribution in [2.24, 2.45) is 0 Å². The van der Waals surface area contributed by atoms with Crippen LogP contribution < -0.4 is 0 Å². The number of aliphatic hydroxyl groups excluding tert-OH is 1. The molecule has 0 radical (unpaired) electrons. The van der Waals surface area contributed by atoms with E-state index in [1.807, 2.05) is 20.8 Å². The maximum Gasteiger partial charge on any atom is 0.119 e. The summed E-state index contributed by atoms with van der Waals surface area (Å²) in [6.07, 6.45) is 0.665. The van der Waals surface area contributed by atoms with Crippen molar-refractivity contribution in [3.8, 4) is 5.75 Å². The number of hydrogen-bond donors (Lipinski definition) is 2. The molecule has 1 aromatic rings. The van der Waals surface area contributed by atoms with Crippen molar-refractivity contribution < 1.29 is 10.2 Å². The zero-order valence-electron chi connectivity index (χ0n) is 8.39. The first-order chi connectivity index (χ1) is 6.07. The van der Waals surface area contributed by atoms with Gasteiger partial charge in [0, 0.05) is 6.61 Å². The summed E-state index contributed by atoms with van der Waals surface area (Å²) < 4.78 is 0. The van der Waals surface area contributed by atoms with Gasteiger partial charge >= 0.3 is 0 Å². The van der Waals surface area contributed by atoms with Gasteiger partial charge in [0.15, 0.2) is 0 Å². The number of aryl methyl sites for hydroxylation is 1. The summed E-state index contributed by atoms with van der Waals surface area (Å²) in [5.74, 6) is 0.344. The van der Waals surface area contributed by atoms with Gasteiger partial charge in [-0.3, -0.25) is 0 Å². The van der Waals surface area contributed by atoms with E-state index in [9.17, 15) is 5.11 Å². The van der Waals surface area contributed by atoms with Crippen LogP contribution in [0, 0.1) is 20.8 Å². The zero-order chi connectivity index (χ0) is 10.0. The molecule has 13 heavy (non-hydrogen) atoms. The van der Waals surface area contributed by atoms with Crippen molar-refractivity contribution in [1.29, 1.82) is 0 Å². The lowest BCUT2D eigenvalue weighted by atomic mass is 9.95. The van der Waals surface area contributed by atoms with Crippen molar-refractivity contribution >= 4 is 0 Å². The fourth-order valence-electron chi connectivity index (χ4n) is 1.61. The first-order valence-corrected chi connectivity index (χ1v) is 4.47. The molecule has 0 aromatic heterocycles. The van der Waals surface area contributed by atoms with Crippen LogP contribution in [0.1, 0.15) is 22.3 Å². The van der Waals surface area contributed by atoms with Gasteiger partial charge in [-0.05, 0) is 55.5 Å². The Hall–Kier alpha value is -1.02. The second-order valence-electron chi connectivity index (χ2n) is 3.41. The standard InChI is InChI=1S/C11H16O2/c1-7-6-11(13)9(3)8(2)10(7)4-5-12/h6,12-13H,4-5H2,1-3H3. The third-order valence-electron chi connectivity index (χ3n) is 2.59. The van der Waals surface area contributed by atoms with Crippen molar-refractivity contribution in [3.05, 3.63) is 28.3 Å². The highest BCUT2D eigenvalue weighted by atomic mass is 16.3. The molecule has 0 aliphatic heterocycles. The molecule has 1 aromatic carbocycles. The minimum atomic E-state index is 0.159. The molecule has 72 valence electrons. The molecule has 0 aliphatic rings. The third kappa shape index (κ3) is 1.83. The van der Waals surface area contributed by atoms with Gasteiger partial charge in [0.2, 0.25) is 0 Å². The van der Waals surface area contributed by atoms with Crippen molar-refractivity contribution in [2.75, 3.05) is 6.61 Å².